The highest BCUT2D eigenvalue weighted by atomic mass is 19.1. The number of nitrogens with one attached hydrogen (secondary N) is 2. The Kier molecular flexibility index (Phi) is 6.06. The lowest BCUT2D eigenvalue weighted by molar-refractivity contribution is -0.127. The monoisotopic (exact) mass is 490 g/mol. The lowest BCUT2D eigenvalue weighted by Gasteiger charge is -2.45. The minimum atomic E-state index is -1.24. The van der Waals surface area contributed by atoms with Gasteiger partial charge < -0.3 is 15.2 Å². The number of benzene rings is 2. The molecule has 36 heavy (non-hydrogen) atoms. The van der Waals surface area contributed by atoms with Crippen molar-refractivity contribution in [1.29, 1.82) is 0 Å². The number of carbonyl (C=O) groups excluding carboxylic acids is 3. The van der Waals surface area contributed by atoms with E-state index in [1.54, 1.807) is 22.5 Å². The number of anilines is 2. The largest absolute Gasteiger partial charge is 0.351 e. The van der Waals surface area contributed by atoms with Gasteiger partial charge in [0.15, 0.2) is 0 Å². The summed E-state index contributed by atoms with van der Waals surface area (Å²) in [6.45, 7) is 5.31. The average molecular weight is 491 g/mol. The summed E-state index contributed by atoms with van der Waals surface area (Å²) < 4.78 is 16.0. The molecule has 3 amide bonds. The summed E-state index contributed by atoms with van der Waals surface area (Å²) in [4.78, 5) is 42.0. The van der Waals surface area contributed by atoms with Crippen molar-refractivity contribution in [3.05, 3.63) is 59.5 Å². The van der Waals surface area contributed by atoms with Crippen LogP contribution >= 0.6 is 0 Å². The smallest absolute Gasteiger partial charge is 0.278 e. The van der Waals surface area contributed by atoms with Crippen LogP contribution in [0.5, 0.6) is 0 Å². The molecule has 0 spiro atoms. The number of aromatic nitrogens is 1. The number of aryl methyl sites for hydroxylation is 1. The molecular weight excluding hydrogens is 459 g/mol. The second-order valence-corrected chi connectivity index (χ2v) is 10.0. The lowest BCUT2D eigenvalue weighted by Crippen LogP contribution is -2.65. The maximum Gasteiger partial charge on any atom is 0.278 e. The van der Waals surface area contributed by atoms with Crippen LogP contribution in [0, 0.1) is 5.82 Å². The molecule has 2 N–H and O–H groups in total. The average Bonchev–Trinajstić information content (AvgIpc) is 3.45. The molecule has 188 valence electrons. The molecule has 1 saturated carbocycles. The van der Waals surface area contributed by atoms with Gasteiger partial charge in [-0.2, -0.15) is 0 Å². The topological polar surface area (TPSA) is 83.4 Å². The van der Waals surface area contributed by atoms with Crippen molar-refractivity contribution in [2.24, 2.45) is 0 Å². The number of fused-ring (bicyclic) bond motifs is 3. The Morgan fingerprint density at radius 2 is 1.86 bits per heavy atom. The van der Waals surface area contributed by atoms with E-state index in [0.29, 0.717) is 23.0 Å². The minimum Gasteiger partial charge on any atom is -0.351 e. The summed E-state index contributed by atoms with van der Waals surface area (Å²) in [6, 6.07) is 11.9. The molecule has 2 aliphatic rings. The Morgan fingerprint density at radius 1 is 1.14 bits per heavy atom. The highest BCUT2D eigenvalue weighted by molar-refractivity contribution is 6.20. The molecular formula is C28H31FN4O3. The molecule has 7 nitrogen and oxygen atoms in total. The van der Waals surface area contributed by atoms with Gasteiger partial charge in [-0.05, 0) is 56.0 Å². The van der Waals surface area contributed by atoms with Gasteiger partial charge in [-0.25, -0.2) is 4.39 Å². The number of para-hydroxylation sites is 1. The second kappa shape index (κ2) is 9.08. The van der Waals surface area contributed by atoms with Crippen LogP contribution in [0.3, 0.4) is 0 Å². The molecule has 1 atom stereocenters. The van der Waals surface area contributed by atoms with Gasteiger partial charge in [0.05, 0.1) is 17.7 Å². The summed E-state index contributed by atoms with van der Waals surface area (Å²) in [7, 11) is 0. The third-order valence-electron chi connectivity index (χ3n) is 7.48. The quantitative estimate of drug-likeness (QED) is 0.540. The molecule has 1 aliphatic heterocycles. The molecule has 0 saturated heterocycles. The molecule has 1 aliphatic carbocycles. The van der Waals surface area contributed by atoms with Crippen molar-refractivity contribution in [2.45, 2.75) is 71.0 Å². The molecule has 3 aromatic rings. The van der Waals surface area contributed by atoms with Gasteiger partial charge in [0.2, 0.25) is 11.8 Å². The first-order chi connectivity index (χ1) is 17.2. The number of amides is 3. The maximum atomic E-state index is 14.4. The van der Waals surface area contributed by atoms with E-state index in [4.69, 9.17) is 0 Å². The van der Waals surface area contributed by atoms with Crippen LogP contribution < -0.4 is 15.5 Å². The molecule has 2 heterocycles. The Hall–Kier alpha value is -3.68. The lowest BCUT2D eigenvalue weighted by atomic mass is 9.91. The van der Waals surface area contributed by atoms with Crippen molar-refractivity contribution in [2.75, 3.05) is 10.2 Å². The van der Waals surface area contributed by atoms with Crippen LogP contribution in [-0.4, -0.2) is 33.9 Å². The fraction of sp³-hybridized carbons (Fsp3) is 0.393. The molecule has 2 aromatic carbocycles. The minimum absolute atomic E-state index is 0.0829. The van der Waals surface area contributed by atoms with Gasteiger partial charge in [0, 0.05) is 24.0 Å². The molecule has 5 rings (SSSR count). The van der Waals surface area contributed by atoms with Crippen molar-refractivity contribution in [1.82, 2.24) is 9.88 Å². The van der Waals surface area contributed by atoms with E-state index < -0.39 is 17.3 Å². The summed E-state index contributed by atoms with van der Waals surface area (Å²) in [5.41, 5.74) is 1.44. The summed E-state index contributed by atoms with van der Waals surface area (Å²) in [5.74, 6) is -1.47. The first kappa shape index (κ1) is 24.0. The fourth-order valence-electron chi connectivity index (χ4n) is 5.71. The number of halogens is 1. The van der Waals surface area contributed by atoms with Crippen LogP contribution in [0.25, 0.3) is 10.9 Å². The third kappa shape index (κ3) is 3.85. The Bertz CT molecular complexity index is 1370. The van der Waals surface area contributed by atoms with Crippen molar-refractivity contribution in [3.8, 4) is 0 Å². The fourth-order valence-corrected chi connectivity index (χ4v) is 5.71. The molecule has 1 aromatic heterocycles. The van der Waals surface area contributed by atoms with Crippen LogP contribution in [-0.2, 0) is 22.6 Å². The zero-order valence-electron chi connectivity index (χ0n) is 20.9. The predicted octanol–water partition coefficient (Wildman–Crippen LogP) is 4.78. The van der Waals surface area contributed by atoms with E-state index in [1.165, 1.54) is 19.1 Å². The zero-order chi connectivity index (χ0) is 25.6. The summed E-state index contributed by atoms with van der Waals surface area (Å²) >= 11 is 0. The van der Waals surface area contributed by atoms with Gasteiger partial charge in [0.1, 0.15) is 17.1 Å². The Labute approximate surface area is 209 Å². The van der Waals surface area contributed by atoms with Crippen molar-refractivity contribution >= 4 is 40.0 Å². The number of hydrogen-bond donors (Lipinski definition) is 2. The van der Waals surface area contributed by atoms with E-state index in [2.05, 4.69) is 10.6 Å². The van der Waals surface area contributed by atoms with Crippen LogP contribution in [0.1, 0.15) is 62.5 Å². The summed E-state index contributed by atoms with van der Waals surface area (Å²) in [5, 5.41) is 6.38. The number of rotatable bonds is 5. The number of carbonyl (C=O) groups is 3. The van der Waals surface area contributed by atoms with Crippen LogP contribution in [0.4, 0.5) is 15.8 Å². The normalized spacial score (nSPS) is 20.0. The van der Waals surface area contributed by atoms with Gasteiger partial charge >= 0.3 is 0 Å². The molecule has 0 bridgehead atoms. The highest BCUT2D eigenvalue weighted by Crippen LogP contribution is 2.42. The van der Waals surface area contributed by atoms with E-state index in [-0.39, 0.29) is 35.8 Å². The van der Waals surface area contributed by atoms with E-state index in [9.17, 15) is 18.8 Å². The number of nitrogens with zero attached hydrogens (tertiary/aromatic N) is 2. The first-order valence-electron chi connectivity index (χ1n) is 12.6. The van der Waals surface area contributed by atoms with E-state index >= 15 is 0 Å². The predicted molar refractivity (Wildman–Crippen MR) is 138 cm³/mol. The van der Waals surface area contributed by atoms with Crippen molar-refractivity contribution in [3.63, 3.8) is 0 Å². The standard InChI is InChI=1S/C28H31FN4O3/c1-4-18-9-5-8-12-22(18)33-26(35)25-24(30-17(2)34)21-15-19(29)13-14-23(21)32(25)16-28(33,3)27(36)31-20-10-6-7-11-20/h5,8-9,12-15,20H,4,6-7,10-11,16H2,1-3H3,(H,30,34)(H,31,36)/t28-/m1/s1. The van der Waals surface area contributed by atoms with Gasteiger partial charge in [-0.3, -0.25) is 19.3 Å². The second-order valence-electron chi connectivity index (χ2n) is 10.0. The van der Waals surface area contributed by atoms with Crippen LogP contribution in [0.15, 0.2) is 42.5 Å². The molecule has 0 radical (unpaired) electrons. The zero-order valence-corrected chi connectivity index (χ0v) is 20.9. The Balaban J connectivity index is 1.74. The molecule has 8 heteroatoms. The van der Waals surface area contributed by atoms with Crippen molar-refractivity contribution < 1.29 is 18.8 Å². The van der Waals surface area contributed by atoms with Gasteiger partial charge in [-0.1, -0.05) is 38.0 Å². The van der Waals surface area contributed by atoms with Gasteiger partial charge in [0.25, 0.3) is 5.91 Å². The van der Waals surface area contributed by atoms with E-state index in [0.717, 1.165) is 31.2 Å². The SMILES string of the molecule is CCc1ccccc1N1C(=O)c2c(NC(C)=O)c3cc(F)ccc3n2C[C@]1(C)C(=O)NC1CCCC1. The number of hydrogen-bond acceptors (Lipinski definition) is 3. The maximum absolute atomic E-state index is 14.4. The van der Waals surface area contributed by atoms with Crippen LogP contribution in [0.2, 0.25) is 0 Å². The molecule has 1 fully saturated rings. The Morgan fingerprint density at radius 3 is 2.56 bits per heavy atom. The van der Waals surface area contributed by atoms with E-state index in [1.807, 2.05) is 31.2 Å². The third-order valence-corrected chi connectivity index (χ3v) is 7.48. The highest BCUT2D eigenvalue weighted by Gasteiger charge is 2.50. The molecule has 0 unspecified atom stereocenters. The van der Waals surface area contributed by atoms with Gasteiger partial charge in [-0.15, -0.1) is 0 Å². The summed E-state index contributed by atoms with van der Waals surface area (Å²) in [6.07, 6.45) is 4.66. The first-order valence-corrected chi connectivity index (χ1v) is 12.6.